The summed E-state index contributed by atoms with van der Waals surface area (Å²) in [7, 11) is 0. The molecule has 3 aromatic rings. The van der Waals surface area contributed by atoms with Gasteiger partial charge < -0.3 is 14.2 Å². The van der Waals surface area contributed by atoms with Crippen molar-refractivity contribution in [2.75, 3.05) is 31.2 Å². The van der Waals surface area contributed by atoms with Gasteiger partial charge in [0.1, 0.15) is 4.32 Å². The molecule has 2 saturated heterocycles. The lowest BCUT2D eigenvalue weighted by atomic mass is 10.2. The third-order valence-electron chi connectivity index (χ3n) is 6.18. The quantitative estimate of drug-likeness (QED) is 0.381. The molecule has 1 amide bonds. The highest BCUT2D eigenvalue weighted by molar-refractivity contribution is 8.26. The van der Waals surface area contributed by atoms with E-state index in [9.17, 15) is 4.79 Å². The van der Waals surface area contributed by atoms with Crippen LogP contribution in [0.3, 0.4) is 0 Å². The fourth-order valence-electron chi connectivity index (χ4n) is 4.42. The second kappa shape index (κ2) is 9.74. The van der Waals surface area contributed by atoms with E-state index in [0.29, 0.717) is 15.8 Å². The number of anilines is 1. The SMILES string of the molecule is Cc1cc(/C=C2\SC(=S)N(Cc3cccnc3)C2=O)c(C)n1-c1ccc(N2CCOCC2)cc1. The number of thioether (sulfide) groups is 1. The first kappa shape index (κ1) is 22.8. The smallest absolute Gasteiger partial charge is 0.266 e. The van der Waals surface area contributed by atoms with E-state index in [1.54, 1.807) is 17.3 Å². The zero-order valence-corrected chi connectivity index (χ0v) is 20.9. The summed E-state index contributed by atoms with van der Waals surface area (Å²) >= 11 is 6.86. The van der Waals surface area contributed by atoms with Gasteiger partial charge in [-0.3, -0.25) is 14.7 Å². The number of aryl methyl sites for hydroxylation is 1. The van der Waals surface area contributed by atoms with Crippen molar-refractivity contribution in [1.29, 1.82) is 0 Å². The Bertz CT molecular complexity index is 1250. The minimum Gasteiger partial charge on any atom is -0.378 e. The Morgan fingerprint density at radius 2 is 1.85 bits per heavy atom. The maximum absolute atomic E-state index is 13.1. The van der Waals surface area contributed by atoms with Crippen LogP contribution >= 0.6 is 24.0 Å². The van der Waals surface area contributed by atoms with Crippen molar-refractivity contribution in [2.45, 2.75) is 20.4 Å². The van der Waals surface area contributed by atoms with E-state index in [0.717, 1.165) is 54.5 Å². The van der Waals surface area contributed by atoms with Crippen LogP contribution in [0.25, 0.3) is 11.8 Å². The summed E-state index contributed by atoms with van der Waals surface area (Å²) in [5, 5.41) is 0. The van der Waals surface area contributed by atoms with Crippen molar-refractivity contribution in [3.8, 4) is 5.69 Å². The van der Waals surface area contributed by atoms with Crippen molar-refractivity contribution in [3.05, 3.63) is 82.3 Å². The third-order valence-corrected chi connectivity index (χ3v) is 7.56. The number of rotatable bonds is 5. The number of benzene rings is 1. The summed E-state index contributed by atoms with van der Waals surface area (Å²) in [6.07, 6.45) is 5.45. The molecule has 0 bridgehead atoms. The monoisotopic (exact) mass is 490 g/mol. The normalized spacial score (nSPS) is 17.8. The lowest BCUT2D eigenvalue weighted by molar-refractivity contribution is -0.122. The molecule has 34 heavy (non-hydrogen) atoms. The molecule has 0 saturated carbocycles. The molecule has 2 aliphatic rings. The minimum atomic E-state index is -0.0569. The molecule has 0 spiro atoms. The molecular formula is C26H26N4O2S2. The largest absolute Gasteiger partial charge is 0.378 e. The summed E-state index contributed by atoms with van der Waals surface area (Å²) in [5.41, 5.74) is 6.51. The summed E-state index contributed by atoms with van der Waals surface area (Å²) in [5.74, 6) is -0.0569. The fraction of sp³-hybridized carbons (Fsp3) is 0.269. The van der Waals surface area contributed by atoms with E-state index in [1.165, 1.54) is 17.4 Å². The standard InChI is InChI=1S/C26H26N4O2S2/c1-18-14-21(15-24-25(31)29(26(33)34-24)17-20-4-3-9-27-16-20)19(2)30(18)23-7-5-22(6-8-23)28-10-12-32-13-11-28/h3-9,14-16H,10-13,17H2,1-2H3/b24-15-. The highest BCUT2D eigenvalue weighted by atomic mass is 32.2. The van der Waals surface area contributed by atoms with E-state index in [2.05, 4.69) is 58.6 Å². The maximum atomic E-state index is 13.1. The molecule has 5 rings (SSSR count). The number of morpholine rings is 1. The number of aromatic nitrogens is 2. The molecule has 6 nitrogen and oxygen atoms in total. The fourth-order valence-corrected chi connectivity index (χ4v) is 5.66. The van der Waals surface area contributed by atoms with Crippen LogP contribution in [0.5, 0.6) is 0 Å². The first-order valence-electron chi connectivity index (χ1n) is 11.3. The number of hydrogen-bond acceptors (Lipinski definition) is 6. The highest BCUT2D eigenvalue weighted by Crippen LogP contribution is 2.35. The Morgan fingerprint density at radius 1 is 1.12 bits per heavy atom. The summed E-state index contributed by atoms with van der Waals surface area (Å²) in [4.78, 5) is 21.9. The molecule has 1 aromatic carbocycles. The molecule has 0 N–H and O–H groups in total. The van der Waals surface area contributed by atoms with Gasteiger partial charge in [0.05, 0.1) is 24.7 Å². The molecule has 2 fully saturated rings. The summed E-state index contributed by atoms with van der Waals surface area (Å²) < 4.78 is 8.27. The number of ether oxygens (including phenoxy) is 1. The van der Waals surface area contributed by atoms with E-state index >= 15 is 0 Å². The number of nitrogens with zero attached hydrogens (tertiary/aromatic N) is 4. The number of pyridine rings is 1. The van der Waals surface area contributed by atoms with Crippen LogP contribution in [-0.4, -0.2) is 51.0 Å². The van der Waals surface area contributed by atoms with Gasteiger partial charge in [-0.1, -0.05) is 30.0 Å². The number of hydrogen-bond donors (Lipinski definition) is 0. The lowest BCUT2D eigenvalue weighted by Gasteiger charge is -2.29. The molecule has 0 atom stereocenters. The van der Waals surface area contributed by atoms with Crippen molar-refractivity contribution >= 4 is 46.0 Å². The molecule has 0 unspecified atom stereocenters. The van der Waals surface area contributed by atoms with Crippen LogP contribution in [-0.2, 0) is 16.1 Å². The van der Waals surface area contributed by atoms with Gasteiger partial charge in [-0.15, -0.1) is 0 Å². The lowest BCUT2D eigenvalue weighted by Crippen LogP contribution is -2.36. The van der Waals surface area contributed by atoms with Gasteiger partial charge in [0.25, 0.3) is 5.91 Å². The molecule has 0 aliphatic carbocycles. The van der Waals surface area contributed by atoms with Crippen molar-refractivity contribution in [3.63, 3.8) is 0 Å². The van der Waals surface area contributed by atoms with Gasteiger partial charge in [0.15, 0.2) is 0 Å². The minimum absolute atomic E-state index is 0.0569. The van der Waals surface area contributed by atoms with Gasteiger partial charge in [-0.05, 0) is 67.4 Å². The number of carbonyl (C=O) groups is 1. The molecule has 174 valence electrons. The van der Waals surface area contributed by atoms with Crippen molar-refractivity contribution in [2.24, 2.45) is 0 Å². The van der Waals surface area contributed by atoms with Crippen LogP contribution in [0.1, 0.15) is 22.5 Å². The van der Waals surface area contributed by atoms with Crippen LogP contribution in [0.2, 0.25) is 0 Å². The molecule has 2 aliphatic heterocycles. The Labute approximate surface area is 209 Å². The second-order valence-electron chi connectivity index (χ2n) is 8.41. The predicted molar refractivity (Wildman–Crippen MR) is 141 cm³/mol. The zero-order valence-electron chi connectivity index (χ0n) is 19.2. The Kier molecular flexibility index (Phi) is 6.54. The topological polar surface area (TPSA) is 50.6 Å². The molecule has 8 heteroatoms. The average molecular weight is 491 g/mol. The van der Waals surface area contributed by atoms with Crippen LogP contribution in [0.15, 0.2) is 59.8 Å². The first-order chi connectivity index (χ1) is 16.5. The van der Waals surface area contributed by atoms with Gasteiger partial charge in [-0.25, -0.2) is 0 Å². The van der Waals surface area contributed by atoms with Crippen LogP contribution in [0.4, 0.5) is 5.69 Å². The molecule has 2 aromatic heterocycles. The maximum Gasteiger partial charge on any atom is 0.266 e. The van der Waals surface area contributed by atoms with Crippen LogP contribution < -0.4 is 4.90 Å². The number of thiocarbonyl (C=S) groups is 1. The zero-order chi connectivity index (χ0) is 23.7. The van der Waals surface area contributed by atoms with Gasteiger partial charge in [-0.2, -0.15) is 0 Å². The van der Waals surface area contributed by atoms with E-state index in [1.807, 2.05) is 18.2 Å². The van der Waals surface area contributed by atoms with Gasteiger partial charge >= 0.3 is 0 Å². The van der Waals surface area contributed by atoms with Crippen LogP contribution in [0, 0.1) is 13.8 Å². The Hall–Kier alpha value is -2.94. The predicted octanol–water partition coefficient (Wildman–Crippen LogP) is 4.73. The summed E-state index contributed by atoms with van der Waals surface area (Å²) in [6.45, 7) is 8.00. The van der Waals surface area contributed by atoms with Gasteiger partial charge in [0.2, 0.25) is 0 Å². The third kappa shape index (κ3) is 4.53. The molecule has 4 heterocycles. The molecular weight excluding hydrogens is 464 g/mol. The highest BCUT2D eigenvalue weighted by Gasteiger charge is 2.32. The summed E-state index contributed by atoms with van der Waals surface area (Å²) in [6, 6.07) is 14.6. The van der Waals surface area contributed by atoms with E-state index in [4.69, 9.17) is 17.0 Å². The van der Waals surface area contributed by atoms with Crippen molar-refractivity contribution in [1.82, 2.24) is 14.5 Å². The Morgan fingerprint density at radius 3 is 2.56 bits per heavy atom. The van der Waals surface area contributed by atoms with E-state index in [-0.39, 0.29) is 5.91 Å². The number of amides is 1. The number of carbonyl (C=O) groups excluding carboxylic acids is 1. The first-order valence-corrected chi connectivity index (χ1v) is 12.5. The van der Waals surface area contributed by atoms with Gasteiger partial charge in [0, 0.05) is 48.2 Å². The van der Waals surface area contributed by atoms with E-state index < -0.39 is 0 Å². The Balaban J connectivity index is 1.38. The second-order valence-corrected chi connectivity index (χ2v) is 10.1. The van der Waals surface area contributed by atoms with Crippen molar-refractivity contribution < 1.29 is 9.53 Å². The average Bonchev–Trinajstić information content (AvgIpc) is 3.29. The molecule has 0 radical (unpaired) electrons.